The van der Waals surface area contributed by atoms with Crippen molar-refractivity contribution >= 4 is 21.5 Å². The lowest BCUT2D eigenvalue weighted by Gasteiger charge is -2.04. The molecule has 27 heavy (non-hydrogen) atoms. The fraction of sp³-hybridized carbons (Fsp3) is 0.474. The summed E-state index contributed by atoms with van der Waals surface area (Å²) in [7, 11) is -3.31. The topological polar surface area (TPSA) is 72.0 Å². The second-order valence-corrected chi connectivity index (χ2v) is 8.36. The van der Waals surface area contributed by atoms with E-state index in [1.165, 1.54) is 25.7 Å². The Bertz CT molecular complexity index is 817. The first kappa shape index (κ1) is 23.4. The standard InChI is InChI=1S/C19H27N3O3S.BrH/c1-3-4-5-6-7-12-21-13-14-22(16-21)15-19(23)17-8-10-18(11-9-17)20-26(2,24)25;/h8-11,13-14,16H,3-7,12,15H2,1-2H3;1H. The van der Waals surface area contributed by atoms with Gasteiger partial charge in [0.25, 0.3) is 0 Å². The van der Waals surface area contributed by atoms with Crippen LogP contribution < -0.4 is 26.3 Å². The lowest BCUT2D eigenvalue weighted by molar-refractivity contribution is -0.682. The normalized spacial score (nSPS) is 11.0. The Balaban J connectivity index is 0.00000364. The van der Waals surface area contributed by atoms with Crippen LogP contribution in [-0.2, 0) is 23.1 Å². The molecule has 6 nitrogen and oxygen atoms in total. The van der Waals surface area contributed by atoms with E-state index >= 15 is 0 Å². The number of anilines is 1. The van der Waals surface area contributed by atoms with Crippen molar-refractivity contribution in [2.45, 2.75) is 52.1 Å². The third-order valence-electron chi connectivity index (χ3n) is 4.10. The monoisotopic (exact) mass is 457 g/mol. The van der Waals surface area contributed by atoms with E-state index in [9.17, 15) is 13.2 Å². The first-order valence-corrected chi connectivity index (χ1v) is 10.9. The van der Waals surface area contributed by atoms with Crippen molar-refractivity contribution in [3.05, 3.63) is 48.5 Å². The van der Waals surface area contributed by atoms with Crippen molar-refractivity contribution < 1.29 is 34.8 Å². The molecular formula is C19H28BrN3O3S. The van der Waals surface area contributed by atoms with Gasteiger partial charge in [0.15, 0.2) is 6.54 Å². The van der Waals surface area contributed by atoms with Gasteiger partial charge in [-0.1, -0.05) is 26.2 Å². The average molecular weight is 458 g/mol. The molecule has 0 aliphatic rings. The Labute approximate surface area is 172 Å². The number of carbonyl (C=O) groups excluding carboxylic acids is 1. The number of benzene rings is 1. The maximum Gasteiger partial charge on any atom is 0.244 e. The highest BCUT2D eigenvalue weighted by molar-refractivity contribution is 7.92. The van der Waals surface area contributed by atoms with E-state index in [-0.39, 0.29) is 29.3 Å². The zero-order valence-corrected chi connectivity index (χ0v) is 18.3. The second-order valence-electron chi connectivity index (χ2n) is 6.61. The van der Waals surface area contributed by atoms with Gasteiger partial charge in [0, 0.05) is 11.3 Å². The molecule has 0 saturated heterocycles. The van der Waals surface area contributed by atoms with Crippen molar-refractivity contribution in [2.75, 3.05) is 11.0 Å². The van der Waals surface area contributed by atoms with Crippen LogP contribution >= 0.6 is 0 Å². The highest BCUT2D eigenvalue weighted by Crippen LogP contribution is 2.11. The number of nitrogens with one attached hydrogen (secondary N) is 1. The van der Waals surface area contributed by atoms with Crippen molar-refractivity contribution in [1.82, 2.24) is 4.57 Å². The van der Waals surface area contributed by atoms with E-state index in [0.29, 0.717) is 11.3 Å². The molecule has 2 rings (SSSR count). The first-order valence-electron chi connectivity index (χ1n) is 9.03. The predicted molar refractivity (Wildman–Crippen MR) is 103 cm³/mol. The van der Waals surface area contributed by atoms with Crippen LogP contribution in [0.1, 0.15) is 49.4 Å². The molecule has 2 aromatic rings. The summed E-state index contributed by atoms with van der Waals surface area (Å²) in [6, 6.07) is 6.48. The Morgan fingerprint density at radius 2 is 1.78 bits per heavy atom. The summed E-state index contributed by atoms with van der Waals surface area (Å²) < 4.78 is 28.8. The van der Waals surface area contributed by atoms with Crippen LogP contribution in [0.3, 0.4) is 0 Å². The van der Waals surface area contributed by atoms with Crippen LogP contribution in [0, 0.1) is 0 Å². The molecule has 0 bridgehead atoms. The van der Waals surface area contributed by atoms with Crippen LogP contribution in [0.5, 0.6) is 0 Å². The fourth-order valence-corrected chi connectivity index (χ4v) is 3.32. The zero-order valence-electron chi connectivity index (χ0n) is 15.9. The highest BCUT2D eigenvalue weighted by Gasteiger charge is 2.12. The van der Waals surface area contributed by atoms with Gasteiger partial charge in [0.05, 0.1) is 12.8 Å². The number of carbonyl (C=O) groups is 1. The van der Waals surface area contributed by atoms with Crippen molar-refractivity contribution in [1.29, 1.82) is 0 Å². The second kappa shape index (κ2) is 11.2. The van der Waals surface area contributed by atoms with Crippen LogP contribution in [0.25, 0.3) is 0 Å². The van der Waals surface area contributed by atoms with Gasteiger partial charge in [-0.25, -0.2) is 17.6 Å². The first-order chi connectivity index (χ1) is 12.4. The molecule has 8 heteroatoms. The van der Waals surface area contributed by atoms with E-state index in [0.717, 1.165) is 19.2 Å². The lowest BCUT2D eigenvalue weighted by Crippen LogP contribution is -3.00. The van der Waals surface area contributed by atoms with Gasteiger partial charge in [-0.2, -0.15) is 0 Å². The molecule has 0 radical (unpaired) electrons. The van der Waals surface area contributed by atoms with Crippen LogP contribution in [0.4, 0.5) is 5.69 Å². The molecule has 0 atom stereocenters. The minimum Gasteiger partial charge on any atom is -1.00 e. The van der Waals surface area contributed by atoms with Crippen LogP contribution in [-0.4, -0.2) is 25.0 Å². The SMILES string of the molecule is CCCCCCCn1cc[n+](CC(=O)c2ccc(NS(C)(=O)=O)cc2)c1.[Br-]. The average Bonchev–Trinajstić information content (AvgIpc) is 3.01. The van der Waals surface area contributed by atoms with Crippen LogP contribution in [0.2, 0.25) is 0 Å². The van der Waals surface area contributed by atoms with Crippen LogP contribution in [0.15, 0.2) is 43.0 Å². The predicted octanol–water partition coefficient (Wildman–Crippen LogP) is 0.00440. The highest BCUT2D eigenvalue weighted by atomic mass is 79.9. The van der Waals surface area contributed by atoms with Crippen molar-refractivity contribution in [2.24, 2.45) is 0 Å². The van der Waals surface area contributed by atoms with Gasteiger partial charge in [-0.15, -0.1) is 0 Å². The maximum atomic E-state index is 12.4. The minimum atomic E-state index is -3.31. The lowest BCUT2D eigenvalue weighted by atomic mass is 10.1. The largest absolute Gasteiger partial charge is 1.00 e. The Hall–Kier alpha value is -1.67. The number of imidazole rings is 1. The number of nitrogens with zero attached hydrogens (tertiary/aromatic N) is 2. The van der Waals surface area contributed by atoms with Gasteiger partial charge in [0.1, 0.15) is 12.4 Å². The molecule has 0 aliphatic heterocycles. The van der Waals surface area contributed by atoms with Crippen molar-refractivity contribution in [3.63, 3.8) is 0 Å². The minimum absolute atomic E-state index is 0. The Kier molecular flexibility index (Phi) is 9.73. The molecule has 0 amide bonds. The molecule has 1 aromatic carbocycles. The number of hydrogen-bond donors (Lipinski definition) is 1. The number of rotatable bonds is 11. The number of hydrogen-bond acceptors (Lipinski definition) is 3. The number of aromatic nitrogens is 2. The van der Waals surface area contributed by atoms with Gasteiger partial charge < -0.3 is 17.0 Å². The van der Waals surface area contributed by atoms with E-state index in [1.54, 1.807) is 24.3 Å². The van der Waals surface area contributed by atoms with E-state index in [4.69, 9.17) is 0 Å². The molecule has 0 saturated carbocycles. The van der Waals surface area contributed by atoms with Gasteiger partial charge in [0.2, 0.25) is 22.1 Å². The summed E-state index contributed by atoms with van der Waals surface area (Å²) in [5.41, 5.74) is 1.01. The molecule has 0 unspecified atom stereocenters. The molecule has 150 valence electrons. The summed E-state index contributed by atoms with van der Waals surface area (Å²) in [5.74, 6) is -0.0124. The molecule has 0 fully saturated rings. The number of unbranched alkanes of at least 4 members (excludes halogenated alkanes) is 4. The third kappa shape index (κ3) is 8.71. The third-order valence-corrected chi connectivity index (χ3v) is 4.71. The molecule has 1 N–H and O–H groups in total. The number of ketones is 1. The number of halogens is 1. The number of Topliss-reactive ketones (excluding diaryl/α,β-unsaturated/α-hetero) is 1. The quantitative estimate of drug-likeness (QED) is 0.293. The zero-order chi connectivity index (χ0) is 19.0. The van der Waals surface area contributed by atoms with Crippen molar-refractivity contribution in [3.8, 4) is 0 Å². The summed E-state index contributed by atoms with van der Waals surface area (Å²) >= 11 is 0. The summed E-state index contributed by atoms with van der Waals surface area (Å²) in [6.07, 6.45) is 13.1. The number of sulfonamides is 1. The van der Waals surface area contributed by atoms with Gasteiger partial charge >= 0.3 is 0 Å². The van der Waals surface area contributed by atoms with E-state index in [2.05, 4.69) is 16.2 Å². The van der Waals surface area contributed by atoms with E-state index < -0.39 is 10.0 Å². The van der Waals surface area contributed by atoms with E-state index in [1.807, 2.05) is 23.3 Å². The van der Waals surface area contributed by atoms with Gasteiger partial charge in [-0.05, 0) is 37.1 Å². The number of aryl methyl sites for hydroxylation is 1. The molecule has 1 heterocycles. The Morgan fingerprint density at radius 3 is 2.41 bits per heavy atom. The molecule has 1 aromatic heterocycles. The van der Waals surface area contributed by atoms with Gasteiger partial charge in [-0.3, -0.25) is 9.52 Å². The summed E-state index contributed by atoms with van der Waals surface area (Å²) in [4.78, 5) is 12.4. The summed E-state index contributed by atoms with van der Waals surface area (Å²) in [5, 5.41) is 0. The fourth-order valence-electron chi connectivity index (χ4n) is 2.76. The molecular weight excluding hydrogens is 430 g/mol. The molecule has 0 aliphatic carbocycles. The summed E-state index contributed by atoms with van der Waals surface area (Å²) in [6.45, 7) is 3.44. The Morgan fingerprint density at radius 1 is 1.11 bits per heavy atom. The maximum absolute atomic E-state index is 12.4. The smallest absolute Gasteiger partial charge is 0.244 e. The molecule has 0 spiro atoms.